The van der Waals surface area contributed by atoms with E-state index < -0.39 is 0 Å². The van der Waals surface area contributed by atoms with Gasteiger partial charge in [-0.15, -0.1) is 0 Å². The minimum atomic E-state index is -0.170. The fourth-order valence-electron chi connectivity index (χ4n) is 1.68. The fraction of sp³-hybridized carbons (Fsp3) is 0.308. The van der Waals surface area contributed by atoms with Gasteiger partial charge in [0.25, 0.3) is 5.91 Å². The first-order chi connectivity index (χ1) is 9.02. The maximum absolute atomic E-state index is 11.9. The van der Waals surface area contributed by atoms with Gasteiger partial charge in [-0.05, 0) is 12.1 Å². The molecule has 100 valence electrons. The number of nitrogens with zero attached hydrogens (tertiary/aromatic N) is 3. The molecule has 0 saturated carbocycles. The van der Waals surface area contributed by atoms with Gasteiger partial charge in [-0.2, -0.15) is 0 Å². The van der Waals surface area contributed by atoms with Crippen molar-refractivity contribution in [3.63, 3.8) is 0 Å². The highest BCUT2D eigenvalue weighted by atomic mass is 16.2. The van der Waals surface area contributed by atoms with E-state index >= 15 is 0 Å². The Hall–Kier alpha value is -2.37. The topological polar surface area (TPSA) is 66.7 Å². The Kier molecular flexibility index (Phi) is 3.50. The molecule has 0 bridgehead atoms. The number of aromatic nitrogens is 2. The van der Waals surface area contributed by atoms with Crippen molar-refractivity contribution in [2.45, 2.75) is 13.3 Å². The number of rotatable bonds is 3. The van der Waals surface area contributed by atoms with Crippen LogP contribution in [0.1, 0.15) is 23.8 Å². The molecule has 0 fully saturated rings. The molecule has 0 aromatic carbocycles. The second-order valence-corrected chi connectivity index (χ2v) is 4.37. The zero-order chi connectivity index (χ0) is 14.0. The number of fused-ring (bicyclic) bond motifs is 1. The summed E-state index contributed by atoms with van der Waals surface area (Å²) in [5.74, 6) is 0.354. The largest absolute Gasteiger partial charge is 0.343 e. The lowest BCUT2D eigenvalue weighted by Gasteiger charge is -2.06. The average molecular weight is 260 g/mol. The SMILES string of the molecule is CCC(=O)Nc1cccc2nc(C(=O)N(C)C)cn12. The standard InChI is InChI=1S/C13H16N4O2/c1-4-12(18)15-11-7-5-6-10-14-9(8-17(10)11)13(19)16(2)3/h5-8H,4H2,1-3H3,(H,15,18). The van der Waals surface area contributed by atoms with Crippen molar-refractivity contribution >= 4 is 23.3 Å². The van der Waals surface area contributed by atoms with Gasteiger partial charge in [0.2, 0.25) is 5.91 Å². The molecule has 0 aliphatic heterocycles. The normalized spacial score (nSPS) is 10.5. The van der Waals surface area contributed by atoms with Crippen LogP contribution in [0.5, 0.6) is 0 Å². The summed E-state index contributed by atoms with van der Waals surface area (Å²) in [6.07, 6.45) is 2.03. The third-order valence-corrected chi connectivity index (χ3v) is 2.71. The third-order valence-electron chi connectivity index (χ3n) is 2.71. The maximum atomic E-state index is 11.9. The Labute approximate surface area is 111 Å². The summed E-state index contributed by atoms with van der Waals surface area (Å²) in [6.45, 7) is 1.78. The molecule has 0 saturated heterocycles. The maximum Gasteiger partial charge on any atom is 0.273 e. The first kappa shape index (κ1) is 13.1. The van der Waals surface area contributed by atoms with Crippen molar-refractivity contribution < 1.29 is 9.59 Å². The van der Waals surface area contributed by atoms with Crippen LogP contribution in [0.4, 0.5) is 5.82 Å². The molecule has 2 aromatic rings. The number of hydrogen-bond donors (Lipinski definition) is 1. The summed E-state index contributed by atoms with van der Waals surface area (Å²) >= 11 is 0. The van der Waals surface area contributed by atoms with Gasteiger partial charge in [0.1, 0.15) is 17.2 Å². The summed E-state index contributed by atoms with van der Waals surface area (Å²) in [6, 6.07) is 5.34. The number of anilines is 1. The van der Waals surface area contributed by atoms with Gasteiger partial charge in [0, 0.05) is 26.7 Å². The van der Waals surface area contributed by atoms with Crippen molar-refractivity contribution in [2.75, 3.05) is 19.4 Å². The van der Waals surface area contributed by atoms with E-state index in [-0.39, 0.29) is 11.8 Å². The molecule has 2 amide bonds. The molecule has 2 rings (SSSR count). The second kappa shape index (κ2) is 5.09. The van der Waals surface area contributed by atoms with Crippen molar-refractivity contribution in [1.82, 2.24) is 14.3 Å². The van der Waals surface area contributed by atoms with E-state index in [1.165, 1.54) is 4.90 Å². The Bertz CT molecular complexity index is 631. The lowest BCUT2D eigenvalue weighted by atomic mass is 10.4. The van der Waals surface area contributed by atoms with Crippen molar-refractivity contribution in [2.24, 2.45) is 0 Å². The van der Waals surface area contributed by atoms with Gasteiger partial charge in [-0.25, -0.2) is 4.98 Å². The molecule has 0 spiro atoms. The summed E-state index contributed by atoms with van der Waals surface area (Å²) in [4.78, 5) is 29.0. The molecule has 0 aliphatic carbocycles. The average Bonchev–Trinajstić information content (AvgIpc) is 2.82. The van der Waals surface area contributed by atoms with E-state index in [9.17, 15) is 9.59 Å². The number of hydrogen-bond acceptors (Lipinski definition) is 3. The summed E-state index contributed by atoms with van der Waals surface area (Å²) in [7, 11) is 3.35. The molecule has 1 N–H and O–H groups in total. The van der Waals surface area contributed by atoms with Crippen molar-refractivity contribution in [1.29, 1.82) is 0 Å². The molecule has 0 unspecified atom stereocenters. The molecule has 0 atom stereocenters. The molecule has 6 heteroatoms. The Balaban J connectivity index is 2.45. The van der Waals surface area contributed by atoms with Crippen LogP contribution in [0.15, 0.2) is 24.4 Å². The van der Waals surface area contributed by atoms with Gasteiger partial charge in [-0.1, -0.05) is 13.0 Å². The van der Waals surface area contributed by atoms with Crippen LogP contribution in [-0.4, -0.2) is 40.2 Å². The molecule has 2 heterocycles. The highest BCUT2D eigenvalue weighted by Crippen LogP contribution is 2.14. The predicted octanol–water partition coefficient (Wildman–Crippen LogP) is 1.38. The Morgan fingerprint density at radius 2 is 2.11 bits per heavy atom. The Morgan fingerprint density at radius 3 is 2.74 bits per heavy atom. The number of nitrogens with one attached hydrogen (secondary N) is 1. The summed E-state index contributed by atoms with van der Waals surface area (Å²) in [5, 5.41) is 2.78. The zero-order valence-electron chi connectivity index (χ0n) is 11.2. The Morgan fingerprint density at radius 1 is 1.37 bits per heavy atom. The molecule has 19 heavy (non-hydrogen) atoms. The summed E-state index contributed by atoms with van der Waals surface area (Å²) in [5.41, 5.74) is 0.974. The van der Waals surface area contributed by atoms with E-state index in [0.717, 1.165) is 0 Å². The number of carbonyl (C=O) groups excluding carboxylic acids is 2. The van der Waals surface area contributed by atoms with Gasteiger partial charge in [0.05, 0.1) is 0 Å². The van der Waals surface area contributed by atoms with Crippen LogP contribution < -0.4 is 5.32 Å². The minimum absolute atomic E-state index is 0.0818. The number of carbonyl (C=O) groups is 2. The number of pyridine rings is 1. The van der Waals surface area contributed by atoms with Crippen LogP contribution in [0.3, 0.4) is 0 Å². The van der Waals surface area contributed by atoms with Gasteiger partial charge in [-0.3, -0.25) is 14.0 Å². The highest BCUT2D eigenvalue weighted by molar-refractivity contribution is 5.93. The predicted molar refractivity (Wildman–Crippen MR) is 72.1 cm³/mol. The van der Waals surface area contributed by atoms with Crippen LogP contribution >= 0.6 is 0 Å². The highest BCUT2D eigenvalue weighted by Gasteiger charge is 2.14. The summed E-state index contributed by atoms with van der Waals surface area (Å²) < 4.78 is 1.70. The van der Waals surface area contributed by atoms with Crippen LogP contribution in [0, 0.1) is 0 Å². The molecular formula is C13H16N4O2. The van der Waals surface area contributed by atoms with E-state index in [0.29, 0.717) is 23.6 Å². The van der Waals surface area contributed by atoms with Crippen LogP contribution in [0.2, 0.25) is 0 Å². The van der Waals surface area contributed by atoms with Gasteiger partial charge < -0.3 is 10.2 Å². The lowest BCUT2D eigenvalue weighted by Crippen LogP contribution is -2.21. The van der Waals surface area contributed by atoms with Gasteiger partial charge >= 0.3 is 0 Å². The van der Waals surface area contributed by atoms with E-state index in [4.69, 9.17) is 0 Å². The first-order valence-corrected chi connectivity index (χ1v) is 6.02. The molecule has 0 aliphatic rings. The van der Waals surface area contributed by atoms with Crippen molar-refractivity contribution in [3.05, 3.63) is 30.1 Å². The lowest BCUT2D eigenvalue weighted by molar-refractivity contribution is -0.115. The monoisotopic (exact) mass is 260 g/mol. The molecular weight excluding hydrogens is 244 g/mol. The van der Waals surface area contributed by atoms with Crippen molar-refractivity contribution in [3.8, 4) is 0 Å². The van der Waals surface area contributed by atoms with E-state index in [1.807, 2.05) is 0 Å². The second-order valence-electron chi connectivity index (χ2n) is 4.37. The number of amides is 2. The van der Waals surface area contributed by atoms with Gasteiger partial charge in [0.15, 0.2) is 0 Å². The first-order valence-electron chi connectivity index (χ1n) is 6.02. The van der Waals surface area contributed by atoms with E-state index in [2.05, 4.69) is 10.3 Å². The quantitative estimate of drug-likeness (QED) is 0.906. The molecule has 6 nitrogen and oxygen atoms in total. The molecule has 0 radical (unpaired) electrons. The smallest absolute Gasteiger partial charge is 0.273 e. The van der Waals surface area contributed by atoms with Crippen LogP contribution in [-0.2, 0) is 4.79 Å². The van der Waals surface area contributed by atoms with Crippen LogP contribution in [0.25, 0.3) is 5.65 Å². The molecule has 2 aromatic heterocycles. The fourth-order valence-corrected chi connectivity index (χ4v) is 1.68. The zero-order valence-corrected chi connectivity index (χ0v) is 11.2. The minimum Gasteiger partial charge on any atom is -0.343 e. The van der Waals surface area contributed by atoms with E-state index in [1.54, 1.807) is 49.8 Å². The number of imidazole rings is 1. The third kappa shape index (κ3) is 2.57.